The first-order valence-electron chi connectivity index (χ1n) is 12.9. The maximum atomic E-state index is 13.6. The van der Waals surface area contributed by atoms with Crippen molar-refractivity contribution >= 4 is 23.8 Å². The molecule has 11 nitrogen and oxygen atoms in total. The van der Waals surface area contributed by atoms with Crippen LogP contribution in [0.1, 0.15) is 37.6 Å². The highest BCUT2D eigenvalue weighted by Crippen LogP contribution is 2.10. The number of primary amides is 1. The summed E-state index contributed by atoms with van der Waals surface area (Å²) in [5.41, 5.74) is 6.98. The van der Waals surface area contributed by atoms with Gasteiger partial charge in [-0.05, 0) is 31.9 Å². The van der Waals surface area contributed by atoms with Crippen LogP contribution in [-0.2, 0) is 38.4 Å². The summed E-state index contributed by atoms with van der Waals surface area (Å²) in [4.78, 5) is 58.5. The molecule has 2 aromatic carbocycles. The van der Waals surface area contributed by atoms with E-state index in [2.05, 4.69) is 25.9 Å². The predicted molar refractivity (Wildman–Crippen MR) is 149 cm³/mol. The number of benzene rings is 2. The zero-order valence-electron chi connectivity index (χ0n) is 22.8. The van der Waals surface area contributed by atoms with Gasteiger partial charge < -0.3 is 31.4 Å². The third kappa shape index (κ3) is 9.90. The number of ether oxygens (including phenoxy) is 1. The number of hydrogen-bond acceptors (Lipinski definition) is 6. The highest BCUT2D eigenvalue weighted by Gasteiger charge is 2.30. The summed E-state index contributed by atoms with van der Waals surface area (Å²) >= 11 is 0. The SMILES string of the molecule is CC(C)(C)OC(=O)N[C@@H](Cc1ccccc1)C(=O)N[C@@H](Cc1ccccc1)C(=O)N[C@@H](Cc1cnc[nH]1)C(N)=O. The number of nitrogens with zero attached hydrogens (tertiary/aromatic N) is 1. The minimum Gasteiger partial charge on any atom is -0.444 e. The van der Waals surface area contributed by atoms with E-state index in [0.717, 1.165) is 11.1 Å². The lowest BCUT2D eigenvalue weighted by atomic mass is 10.0. The first-order chi connectivity index (χ1) is 19.0. The van der Waals surface area contributed by atoms with Gasteiger partial charge in [-0.25, -0.2) is 9.78 Å². The number of alkyl carbamates (subject to hydrolysis) is 1. The highest BCUT2D eigenvalue weighted by molar-refractivity contribution is 5.94. The van der Waals surface area contributed by atoms with E-state index in [9.17, 15) is 19.2 Å². The summed E-state index contributed by atoms with van der Waals surface area (Å²) in [5, 5.41) is 8.04. The second-order valence-corrected chi connectivity index (χ2v) is 10.4. The summed E-state index contributed by atoms with van der Waals surface area (Å²) in [6.45, 7) is 5.16. The Kier molecular flexibility index (Phi) is 10.4. The van der Waals surface area contributed by atoms with E-state index >= 15 is 0 Å². The zero-order valence-corrected chi connectivity index (χ0v) is 22.8. The average molecular weight is 549 g/mol. The van der Waals surface area contributed by atoms with Crippen molar-refractivity contribution in [2.24, 2.45) is 5.73 Å². The molecule has 0 spiro atoms. The molecule has 0 fully saturated rings. The Labute approximate surface area is 233 Å². The number of hydrogen-bond donors (Lipinski definition) is 5. The Bertz CT molecular complexity index is 1260. The standard InChI is InChI=1S/C29H36N6O5/c1-29(2,3)40-28(39)35-24(15-20-12-8-5-9-13-20)27(38)34-23(14-19-10-6-4-7-11-19)26(37)33-22(25(30)36)16-21-17-31-18-32-21/h4-13,17-18,22-24H,14-16H2,1-3H3,(H2,30,36)(H,31,32)(H,33,37)(H,34,38)(H,35,39)/t22-,23-,24-/m0/s1. The Hall–Kier alpha value is -4.67. The lowest BCUT2D eigenvalue weighted by Gasteiger charge is -2.26. The van der Waals surface area contributed by atoms with Crippen LogP contribution in [-0.4, -0.2) is 57.5 Å². The molecule has 3 aromatic rings. The van der Waals surface area contributed by atoms with Crippen LogP contribution in [0.15, 0.2) is 73.2 Å². The van der Waals surface area contributed by atoms with Crippen molar-refractivity contribution in [1.29, 1.82) is 0 Å². The topological polar surface area (TPSA) is 168 Å². The van der Waals surface area contributed by atoms with E-state index < -0.39 is 47.5 Å². The molecule has 11 heteroatoms. The van der Waals surface area contributed by atoms with Crippen molar-refractivity contribution in [1.82, 2.24) is 25.9 Å². The molecule has 0 aliphatic heterocycles. The minimum absolute atomic E-state index is 0.101. The van der Waals surface area contributed by atoms with Crippen molar-refractivity contribution in [3.05, 3.63) is 90.0 Å². The van der Waals surface area contributed by atoms with Gasteiger partial charge in [-0.15, -0.1) is 0 Å². The average Bonchev–Trinajstić information content (AvgIpc) is 3.41. The number of carbonyl (C=O) groups excluding carboxylic acids is 4. The Morgan fingerprint density at radius 3 is 1.75 bits per heavy atom. The van der Waals surface area contributed by atoms with Gasteiger partial charge in [-0.1, -0.05) is 60.7 Å². The van der Waals surface area contributed by atoms with Crippen LogP contribution in [0.25, 0.3) is 0 Å². The zero-order chi connectivity index (χ0) is 29.1. The fourth-order valence-electron chi connectivity index (χ4n) is 3.95. The summed E-state index contributed by atoms with van der Waals surface area (Å²) in [6, 6.07) is 15.1. The van der Waals surface area contributed by atoms with Gasteiger partial charge in [-0.3, -0.25) is 14.4 Å². The Morgan fingerprint density at radius 1 is 0.800 bits per heavy atom. The molecule has 4 amide bonds. The van der Waals surface area contributed by atoms with Crippen molar-refractivity contribution in [3.8, 4) is 0 Å². The first-order valence-corrected chi connectivity index (χ1v) is 12.9. The number of aromatic nitrogens is 2. The molecule has 40 heavy (non-hydrogen) atoms. The number of amides is 4. The molecule has 0 radical (unpaired) electrons. The molecule has 1 heterocycles. The number of rotatable bonds is 12. The molecule has 0 saturated heterocycles. The molecule has 0 unspecified atom stereocenters. The van der Waals surface area contributed by atoms with Gasteiger partial charge in [0.25, 0.3) is 0 Å². The molecule has 212 valence electrons. The van der Waals surface area contributed by atoms with Crippen molar-refractivity contribution in [2.45, 2.75) is 63.8 Å². The molecule has 0 aliphatic carbocycles. The van der Waals surface area contributed by atoms with E-state index in [1.807, 2.05) is 60.7 Å². The van der Waals surface area contributed by atoms with Crippen LogP contribution in [0.3, 0.4) is 0 Å². The maximum Gasteiger partial charge on any atom is 0.408 e. The quantitative estimate of drug-likeness (QED) is 0.231. The highest BCUT2D eigenvalue weighted by atomic mass is 16.6. The second kappa shape index (κ2) is 13.9. The van der Waals surface area contributed by atoms with E-state index in [-0.39, 0.29) is 19.3 Å². The number of aromatic amines is 1. The van der Waals surface area contributed by atoms with Crippen LogP contribution in [0.2, 0.25) is 0 Å². The maximum absolute atomic E-state index is 13.6. The van der Waals surface area contributed by atoms with Crippen LogP contribution < -0.4 is 21.7 Å². The monoisotopic (exact) mass is 548 g/mol. The van der Waals surface area contributed by atoms with Crippen molar-refractivity contribution < 1.29 is 23.9 Å². The third-order valence-corrected chi connectivity index (χ3v) is 5.84. The van der Waals surface area contributed by atoms with Gasteiger partial charge in [0.05, 0.1) is 6.33 Å². The molecule has 0 aliphatic rings. The molecule has 6 N–H and O–H groups in total. The largest absolute Gasteiger partial charge is 0.444 e. The Balaban J connectivity index is 1.82. The molecule has 0 saturated carbocycles. The van der Waals surface area contributed by atoms with E-state index in [1.165, 1.54) is 12.5 Å². The van der Waals surface area contributed by atoms with E-state index in [0.29, 0.717) is 5.69 Å². The van der Waals surface area contributed by atoms with E-state index in [1.54, 1.807) is 20.8 Å². The number of H-pyrrole nitrogens is 1. The van der Waals surface area contributed by atoms with Gasteiger partial charge in [0, 0.05) is 31.2 Å². The minimum atomic E-state index is -1.07. The van der Waals surface area contributed by atoms with Gasteiger partial charge in [0.2, 0.25) is 17.7 Å². The first kappa shape index (κ1) is 29.9. The molecular weight excluding hydrogens is 512 g/mol. The summed E-state index contributed by atoms with van der Waals surface area (Å²) in [5.74, 6) is -1.92. The number of carbonyl (C=O) groups is 4. The Morgan fingerprint density at radius 2 is 1.30 bits per heavy atom. The molecule has 3 atom stereocenters. The lowest BCUT2D eigenvalue weighted by molar-refractivity contribution is -0.132. The molecule has 0 bridgehead atoms. The fourth-order valence-corrected chi connectivity index (χ4v) is 3.95. The van der Waals surface area contributed by atoms with Gasteiger partial charge >= 0.3 is 6.09 Å². The van der Waals surface area contributed by atoms with Crippen LogP contribution >= 0.6 is 0 Å². The van der Waals surface area contributed by atoms with Gasteiger partial charge in [-0.2, -0.15) is 0 Å². The third-order valence-electron chi connectivity index (χ3n) is 5.84. The lowest BCUT2D eigenvalue weighted by Crippen LogP contribution is -2.58. The summed E-state index contributed by atoms with van der Waals surface area (Å²) in [6.07, 6.45) is 2.62. The fraction of sp³-hybridized carbons (Fsp3) is 0.345. The smallest absolute Gasteiger partial charge is 0.408 e. The summed E-state index contributed by atoms with van der Waals surface area (Å²) < 4.78 is 5.36. The molecule has 3 rings (SSSR count). The van der Waals surface area contributed by atoms with Crippen molar-refractivity contribution in [3.63, 3.8) is 0 Å². The molecule has 1 aromatic heterocycles. The summed E-state index contributed by atoms with van der Waals surface area (Å²) in [7, 11) is 0. The number of nitrogens with one attached hydrogen (secondary N) is 4. The van der Waals surface area contributed by atoms with Crippen LogP contribution in [0, 0.1) is 0 Å². The van der Waals surface area contributed by atoms with Crippen LogP contribution in [0.4, 0.5) is 4.79 Å². The number of nitrogens with two attached hydrogens (primary N) is 1. The van der Waals surface area contributed by atoms with Gasteiger partial charge in [0.15, 0.2) is 0 Å². The second-order valence-electron chi connectivity index (χ2n) is 10.4. The van der Waals surface area contributed by atoms with Crippen LogP contribution in [0.5, 0.6) is 0 Å². The van der Waals surface area contributed by atoms with Crippen molar-refractivity contribution in [2.75, 3.05) is 0 Å². The predicted octanol–water partition coefficient (Wildman–Crippen LogP) is 1.79. The molecular formula is C29H36N6O5. The number of imidazole rings is 1. The van der Waals surface area contributed by atoms with Gasteiger partial charge in [0.1, 0.15) is 23.7 Å². The van der Waals surface area contributed by atoms with E-state index in [4.69, 9.17) is 10.5 Å². The normalized spacial score (nSPS) is 13.4.